The van der Waals surface area contributed by atoms with Crippen LogP contribution in [0.3, 0.4) is 0 Å². The zero-order valence-electron chi connectivity index (χ0n) is 57.8. The Bertz CT molecular complexity index is 5230. The predicted octanol–water partition coefficient (Wildman–Crippen LogP) is 22.7. The summed E-state index contributed by atoms with van der Waals surface area (Å²) in [5.41, 5.74) is 33.4. The van der Waals surface area contributed by atoms with E-state index in [4.69, 9.17) is 0 Å². The lowest BCUT2D eigenvalue weighted by Crippen LogP contribution is -2.55. The molecule has 4 heteroatoms. The predicted molar refractivity (Wildman–Crippen MR) is 424 cm³/mol. The lowest BCUT2D eigenvalue weighted by Gasteiger charge is -2.63. The highest BCUT2D eigenvalue weighted by Crippen LogP contribution is 2.70. The zero-order valence-corrected chi connectivity index (χ0v) is 59.4. The molecule has 0 saturated heterocycles. The normalized spacial score (nSPS) is 25.1. The van der Waals surface area contributed by atoms with Crippen LogP contribution in [0.4, 0.5) is 0 Å². The SMILES string of the molecule is C=Cc1ccc(C23CC4CC(C2)CC(c2ccc(-c5ccc6c(c5)C5(c7ccccc7-c7ccccc75)c5ccccc5-6)cc2)(C4)C3)cc1.C=Cc1ccc(C23CC4CC(CC(c5ccc(Br)cc5)(C4)C2)C3)cc1.OB(O)c1ccc2c(c1)C1(c3ccccc3-c3ccccc31)c1ccccc1-2. The Labute approximate surface area is 609 Å². The summed E-state index contributed by atoms with van der Waals surface area (Å²) in [6.07, 6.45) is 20.5. The Morgan fingerprint density at radius 1 is 0.304 bits per heavy atom. The minimum absolute atomic E-state index is 0.292. The van der Waals surface area contributed by atoms with Gasteiger partial charge in [-0.1, -0.05) is 302 Å². The fourth-order valence-corrected chi connectivity index (χ4v) is 24.5. The van der Waals surface area contributed by atoms with Gasteiger partial charge in [0.1, 0.15) is 0 Å². The van der Waals surface area contributed by atoms with Crippen LogP contribution in [0.1, 0.15) is 155 Å². The van der Waals surface area contributed by atoms with Crippen molar-refractivity contribution in [2.24, 2.45) is 23.7 Å². The molecular weight excluding hydrogens is 1300 g/mol. The summed E-state index contributed by atoms with van der Waals surface area (Å²) in [6.45, 7) is 7.90. The number of halogens is 1. The van der Waals surface area contributed by atoms with Crippen molar-refractivity contribution in [3.05, 3.63) is 375 Å². The lowest BCUT2D eigenvalue weighted by atomic mass is 9.41. The van der Waals surface area contributed by atoms with Gasteiger partial charge in [0.2, 0.25) is 0 Å². The highest BCUT2D eigenvalue weighted by molar-refractivity contribution is 9.10. The molecular formula is C98H82BBrO2. The standard InChI is InChI=1S/C49H40.C25H17BO2.C24H25Br/c1-2-32-15-20-37(21-16-32)47-27-33-25-34(28-47)30-48(29-33,31-47)38-22-17-35(18-23-38)36-19-24-42-41-11-5-8-14-45(41)49(46(42)26-36)43-12-6-3-9-39(43)40-10-4-7-13-44(40)49;27-26(28)16-13-14-20-19-9-3-6-12-23(19)25(24(20)15-16)21-10-4-1-7-17(21)18-8-2-5-11-22(18)25;1-2-17-3-5-20(6-4-17)23-12-18-11-19(13-23)15-24(14-18,16-23)21-7-9-22(25)10-8-21/h2-24,26,33-34H,1,25,27-31H2;1-15,27-28H;2-10,18-19H,1,11-16H2. The fraction of sp³-hybridized carbons (Fsp3) is 0.224. The van der Waals surface area contributed by atoms with Gasteiger partial charge in [0.15, 0.2) is 0 Å². The van der Waals surface area contributed by atoms with E-state index in [2.05, 4.69) is 290 Å². The summed E-state index contributed by atoms with van der Waals surface area (Å²) >= 11 is 3.61. The van der Waals surface area contributed by atoms with E-state index in [9.17, 15) is 10.0 Å². The van der Waals surface area contributed by atoms with Gasteiger partial charge in [0.05, 0.1) is 10.8 Å². The van der Waals surface area contributed by atoms with Crippen LogP contribution < -0.4 is 5.46 Å². The molecule has 4 atom stereocenters. The first-order valence-corrected chi connectivity index (χ1v) is 38.3. The maximum absolute atomic E-state index is 9.85. The van der Waals surface area contributed by atoms with Crippen molar-refractivity contribution in [1.29, 1.82) is 0 Å². The van der Waals surface area contributed by atoms with Gasteiger partial charge in [-0.25, -0.2) is 0 Å². The topological polar surface area (TPSA) is 40.5 Å². The van der Waals surface area contributed by atoms with Crippen molar-refractivity contribution in [2.75, 3.05) is 0 Å². The summed E-state index contributed by atoms with van der Waals surface area (Å²) in [6, 6.07) is 104. The first kappa shape index (κ1) is 62.4. The minimum atomic E-state index is -1.49. The molecule has 2 nitrogen and oxygen atoms in total. The second kappa shape index (κ2) is 23.3. The second-order valence-corrected chi connectivity index (χ2v) is 33.4. The smallest absolute Gasteiger partial charge is 0.423 e. The number of rotatable bonds is 8. The minimum Gasteiger partial charge on any atom is -0.423 e. The number of benzene rings is 12. The summed E-state index contributed by atoms with van der Waals surface area (Å²) < 4.78 is 1.19. The first-order valence-electron chi connectivity index (χ1n) is 37.5. The van der Waals surface area contributed by atoms with Crippen LogP contribution in [-0.4, -0.2) is 17.2 Å². The Morgan fingerprint density at radius 3 is 0.902 bits per heavy atom. The number of hydrogen-bond acceptors (Lipinski definition) is 2. The number of fused-ring (bicyclic) bond motifs is 20. The van der Waals surface area contributed by atoms with Gasteiger partial charge in [-0.05, 0) is 280 Å². The summed E-state index contributed by atoms with van der Waals surface area (Å²) in [7, 11) is -1.49. The molecule has 12 aromatic rings. The average Bonchev–Trinajstić information content (AvgIpc) is 1.37. The van der Waals surface area contributed by atoms with Gasteiger partial charge in [-0.3, -0.25) is 0 Å². The molecule has 0 aromatic heterocycles. The van der Waals surface area contributed by atoms with Crippen LogP contribution >= 0.6 is 15.9 Å². The van der Waals surface area contributed by atoms with Crippen molar-refractivity contribution in [3.8, 4) is 55.6 Å². The summed E-state index contributed by atoms with van der Waals surface area (Å²) in [5, 5.41) is 19.7. The van der Waals surface area contributed by atoms with E-state index in [0.717, 1.165) is 34.8 Å². The third kappa shape index (κ3) is 9.10. The van der Waals surface area contributed by atoms with Gasteiger partial charge in [0, 0.05) is 4.47 Å². The number of hydrogen-bond donors (Lipinski definition) is 2. The third-order valence-electron chi connectivity index (χ3n) is 27.2. The maximum atomic E-state index is 9.85. The molecule has 12 aliphatic rings. The first-order chi connectivity index (χ1) is 49.9. The molecule has 102 heavy (non-hydrogen) atoms. The Kier molecular flexibility index (Phi) is 14.2. The fourth-order valence-electron chi connectivity index (χ4n) is 24.2. The van der Waals surface area contributed by atoms with Gasteiger partial charge in [0.25, 0.3) is 0 Å². The molecule has 8 fully saturated rings. The van der Waals surface area contributed by atoms with E-state index in [1.807, 2.05) is 30.4 Å². The molecule has 0 amide bonds. The van der Waals surface area contributed by atoms with Crippen LogP contribution in [0.5, 0.6) is 0 Å². The van der Waals surface area contributed by atoms with E-state index < -0.39 is 12.5 Å². The van der Waals surface area contributed by atoms with Crippen LogP contribution in [0, 0.1) is 23.7 Å². The van der Waals surface area contributed by atoms with Crippen LogP contribution in [0.2, 0.25) is 0 Å². The summed E-state index contributed by atoms with van der Waals surface area (Å²) in [4.78, 5) is 0. The van der Waals surface area contributed by atoms with Gasteiger partial charge >= 0.3 is 7.12 Å². The molecule has 0 radical (unpaired) electrons. The van der Waals surface area contributed by atoms with E-state index >= 15 is 0 Å². The second-order valence-electron chi connectivity index (χ2n) is 32.5. The molecule has 8 bridgehead atoms. The molecule has 24 rings (SSSR count). The molecule has 12 aromatic carbocycles. The van der Waals surface area contributed by atoms with Gasteiger partial charge < -0.3 is 10.0 Å². The largest absolute Gasteiger partial charge is 0.488 e. The molecule has 4 unspecified atom stereocenters. The monoisotopic (exact) mass is 1380 g/mol. The molecule has 0 aliphatic heterocycles. The van der Waals surface area contributed by atoms with E-state index in [-0.39, 0.29) is 5.41 Å². The van der Waals surface area contributed by atoms with Crippen molar-refractivity contribution < 1.29 is 10.0 Å². The van der Waals surface area contributed by atoms with E-state index in [1.54, 1.807) is 22.3 Å². The Hall–Kier alpha value is -9.42. The summed E-state index contributed by atoms with van der Waals surface area (Å²) in [5.74, 6) is 3.49. The van der Waals surface area contributed by atoms with Crippen molar-refractivity contribution in [3.63, 3.8) is 0 Å². The van der Waals surface area contributed by atoms with Crippen molar-refractivity contribution in [1.82, 2.24) is 0 Å². The van der Waals surface area contributed by atoms with Crippen LogP contribution in [0.25, 0.3) is 67.8 Å². The lowest BCUT2D eigenvalue weighted by molar-refractivity contribution is -0.0283. The average molecular weight is 1380 g/mol. The van der Waals surface area contributed by atoms with Gasteiger partial charge in [-0.2, -0.15) is 0 Å². The molecule has 8 saturated carbocycles. The quantitative estimate of drug-likeness (QED) is 0.149. The van der Waals surface area contributed by atoms with Crippen molar-refractivity contribution in [2.45, 2.75) is 110 Å². The van der Waals surface area contributed by atoms with Crippen molar-refractivity contribution >= 4 is 40.7 Å². The Balaban J connectivity index is 0.000000112. The molecule has 2 N–H and O–H groups in total. The van der Waals surface area contributed by atoms with Gasteiger partial charge in [-0.15, -0.1) is 0 Å². The molecule has 0 heterocycles. The van der Waals surface area contributed by atoms with E-state index in [1.165, 1.54) is 182 Å². The third-order valence-corrected chi connectivity index (χ3v) is 27.8. The molecule has 12 aliphatic carbocycles. The molecule has 496 valence electrons. The molecule has 2 spiro atoms. The zero-order chi connectivity index (χ0) is 68.3. The highest BCUT2D eigenvalue weighted by Gasteiger charge is 2.61. The Morgan fingerprint density at radius 2 is 0.578 bits per heavy atom. The van der Waals surface area contributed by atoms with Crippen LogP contribution in [0.15, 0.2) is 297 Å². The van der Waals surface area contributed by atoms with Crippen LogP contribution in [-0.2, 0) is 32.5 Å². The highest BCUT2D eigenvalue weighted by atomic mass is 79.9. The maximum Gasteiger partial charge on any atom is 0.488 e. The van der Waals surface area contributed by atoms with E-state index in [0.29, 0.717) is 27.1 Å².